The third kappa shape index (κ3) is 1.56. The van der Waals surface area contributed by atoms with E-state index in [9.17, 15) is 0 Å². The molecule has 78 valence electrons. The monoisotopic (exact) mass is 213 g/mol. The summed E-state index contributed by atoms with van der Waals surface area (Å²) in [5.41, 5.74) is 1.92. The SMILES string of the molecule is C(=C\c1nc2ccccc2[nH]1)/c1nnon1. The van der Waals surface area contributed by atoms with E-state index in [1.807, 2.05) is 24.3 Å². The third-order valence-corrected chi connectivity index (χ3v) is 2.11. The van der Waals surface area contributed by atoms with Crippen LogP contribution in [0.15, 0.2) is 28.9 Å². The van der Waals surface area contributed by atoms with E-state index in [0.717, 1.165) is 16.9 Å². The molecule has 0 atom stereocenters. The first-order valence-corrected chi connectivity index (χ1v) is 4.70. The lowest BCUT2D eigenvalue weighted by molar-refractivity contribution is 0.292. The summed E-state index contributed by atoms with van der Waals surface area (Å²) in [6.07, 6.45) is 3.45. The van der Waals surface area contributed by atoms with Gasteiger partial charge in [-0.3, -0.25) is 0 Å². The zero-order valence-electron chi connectivity index (χ0n) is 8.16. The molecule has 0 amide bonds. The van der Waals surface area contributed by atoms with E-state index in [4.69, 9.17) is 0 Å². The van der Waals surface area contributed by atoms with Crippen LogP contribution in [-0.2, 0) is 0 Å². The lowest BCUT2D eigenvalue weighted by atomic mass is 10.3. The molecule has 2 heterocycles. The molecule has 0 spiro atoms. The lowest BCUT2D eigenvalue weighted by Crippen LogP contribution is -1.76. The van der Waals surface area contributed by atoms with Gasteiger partial charge >= 0.3 is 0 Å². The van der Waals surface area contributed by atoms with Crippen LogP contribution in [0.3, 0.4) is 0 Å². The van der Waals surface area contributed by atoms with Gasteiger partial charge in [0.05, 0.1) is 16.3 Å². The number of nitrogens with one attached hydrogen (secondary N) is 1. The molecule has 0 saturated carbocycles. The number of nitrogens with zero attached hydrogens (tertiary/aromatic N) is 4. The van der Waals surface area contributed by atoms with E-state index in [1.54, 1.807) is 12.2 Å². The van der Waals surface area contributed by atoms with Crippen molar-refractivity contribution in [3.63, 3.8) is 0 Å². The fourth-order valence-electron chi connectivity index (χ4n) is 1.41. The van der Waals surface area contributed by atoms with Crippen molar-refractivity contribution < 1.29 is 4.63 Å². The Bertz CT molecular complexity index is 593. The molecular weight excluding hydrogens is 206 g/mol. The number of aromatic nitrogens is 5. The van der Waals surface area contributed by atoms with Crippen molar-refractivity contribution in [1.82, 2.24) is 25.5 Å². The molecule has 3 rings (SSSR count). The Hall–Kier alpha value is -2.50. The number of fused-ring (bicyclic) bond motifs is 1. The maximum Gasteiger partial charge on any atom is 0.219 e. The molecule has 0 bridgehead atoms. The Morgan fingerprint density at radius 2 is 2.12 bits per heavy atom. The molecule has 1 N–H and O–H groups in total. The smallest absolute Gasteiger partial charge is 0.219 e. The average molecular weight is 213 g/mol. The molecule has 1 aromatic carbocycles. The Balaban J connectivity index is 1.95. The minimum atomic E-state index is 0.417. The second kappa shape index (κ2) is 3.58. The Kier molecular flexibility index (Phi) is 1.96. The van der Waals surface area contributed by atoms with Crippen LogP contribution in [0.4, 0.5) is 0 Å². The van der Waals surface area contributed by atoms with Crippen molar-refractivity contribution in [1.29, 1.82) is 0 Å². The summed E-state index contributed by atoms with van der Waals surface area (Å²) in [6, 6.07) is 7.81. The highest BCUT2D eigenvalue weighted by molar-refractivity contribution is 5.78. The summed E-state index contributed by atoms with van der Waals surface area (Å²) in [5.74, 6) is 1.16. The number of para-hydroxylation sites is 2. The van der Waals surface area contributed by atoms with Gasteiger partial charge in [-0.05, 0) is 29.4 Å². The highest BCUT2D eigenvalue weighted by Gasteiger charge is 1.99. The molecule has 16 heavy (non-hydrogen) atoms. The fourth-order valence-corrected chi connectivity index (χ4v) is 1.41. The van der Waals surface area contributed by atoms with E-state index < -0.39 is 0 Å². The second-order valence-corrected chi connectivity index (χ2v) is 3.19. The van der Waals surface area contributed by atoms with Gasteiger partial charge in [-0.25, -0.2) is 9.61 Å². The minimum Gasteiger partial charge on any atom is -0.338 e. The molecule has 0 unspecified atom stereocenters. The van der Waals surface area contributed by atoms with Crippen molar-refractivity contribution >= 4 is 23.2 Å². The van der Waals surface area contributed by atoms with Crippen molar-refractivity contribution in [3.8, 4) is 0 Å². The van der Waals surface area contributed by atoms with E-state index in [-0.39, 0.29) is 0 Å². The second-order valence-electron chi connectivity index (χ2n) is 3.19. The zero-order chi connectivity index (χ0) is 10.8. The minimum absolute atomic E-state index is 0.417. The van der Waals surface area contributed by atoms with Crippen molar-refractivity contribution in [2.45, 2.75) is 0 Å². The molecule has 0 aliphatic heterocycles. The van der Waals surface area contributed by atoms with Gasteiger partial charge in [-0.1, -0.05) is 17.2 Å². The predicted octanol–water partition coefficient (Wildman–Crippen LogP) is 1.51. The molecule has 2 aromatic heterocycles. The predicted molar refractivity (Wildman–Crippen MR) is 57.1 cm³/mol. The van der Waals surface area contributed by atoms with E-state index in [2.05, 4.69) is 30.1 Å². The molecule has 0 radical (unpaired) electrons. The standard InChI is InChI=1S/C10H7N5O/c1-2-4-8-7(3-1)11-9(12-8)5-6-10-13-15-16-14-10/h1-6H,(H,11,12)/b6-5+. The molecular formula is C10H7N5O. The van der Waals surface area contributed by atoms with Gasteiger partial charge < -0.3 is 4.98 Å². The third-order valence-electron chi connectivity index (χ3n) is 2.11. The van der Waals surface area contributed by atoms with Crippen LogP contribution in [-0.4, -0.2) is 25.5 Å². The largest absolute Gasteiger partial charge is 0.338 e. The molecule has 3 aromatic rings. The van der Waals surface area contributed by atoms with Crippen molar-refractivity contribution in [3.05, 3.63) is 35.9 Å². The highest BCUT2D eigenvalue weighted by atomic mass is 16.6. The van der Waals surface area contributed by atoms with Crippen molar-refractivity contribution in [2.75, 3.05) is 0 Å². The summed E-state index contributed by atoms with van der Waals surface area (Å²) in [5, 5.41) is 10.4. The molecule has 0 aliphatic rings. The normalized spacial score (nSPS) is 11.5. The van der Waals surface area contributed by atoms with Crippen LogP contribution in [0, 0.1) is 0 Å². The summed E-state index contributed by atoms with van der Waals surface area (Å²) in [7, 11) is 0. The van der Waals surface area contributed by atoms with Crippen LogP contribution >= 0.6 is 0 Å². The number of benzene rings is 1. The fraction of sp³-hybridized carbons (Fsp3) is 0. The number of hydrogen-bond donors (Lipinski definition) is 1. The number of imidazole rings is 1. The molecule has 6 nitrogen and oxygen atoms in total. The average Bonchev–Trinajstić information content (AvgIpc) is 2.95. The van der Waals surface area contributed by atoms with Gasteiger partial charge in [-0.2, -0.15) is 0 Å². The van der Waals surface area contributed by atoms with E-state index >= 15 is 0 Å². The molecule has 0 fully saturated rings. The lowest BCUT2D eigenvalue weighted by Gasteiger charge is -1.81. The maximum absolute atomic E-state index is 4.37. The summed E-state index contributed by atoms with van der Waals surface area (Å²) >= 11 is 0. The Labute approximate surface area is 90.0 Å². The van der Waals surface area contributed by atoms with E-state index in [0.29, 0.717) is 5.82 Å². The van der Waals surface area contributed by atoms with Gasteiger partial charge in [-0.15, -0.1) is 0 Å². The first-order valence-electron chi connectivity index (χ1n) is 4.70. The maximum atomic E-state index is 4.37. The first-order chi connectivity index (χ1) is 7.92. The number of rotatable bonds is 2. The van der Waals surface area contributed by atoms with Crippen LogP contribution in [0.2, 0.25) is 0 Å². The van der Waals surface area contributed by atoms with Gasteiger partial charge in [0, 0.05) is 0 Å². The number of hydrogen-bond acceptors (Lipinski definition) is 5. The van der Waals surface area contributed by atoms with Crippen LogP contribution in [0.25, 0.3) is 23.2 Å². The first kappa shape index (κ1) is 8.78. The van der Waals surface area contributed by atoms with Crippen LogP contribution in [0.1, 0.15) is 11.6 Å². The Morgan fingerprint density at radius 3 is 2.94 bits per heavy atom. The number of H-pyrrole nitrogens is 1. The topological polar surface area (TPSA) is 80.5 Å². The quantitative estimate of drug-likeness (QED) is 0.697. The summed E-state index contributed by atoms with van der Waals surface area (Å²) in [6.45, 7) is 0. The molecule has 6 heteroatoms. The summed E-state index contributed by atoms with van der Waals surface area (Å²) in [4.78, 5) is 7.52. The highest BCUT2D eigenvalue weighted by Crippen LogP contribution is 2.11. The Morgan fingerprint density at radius 1 is 1.19 bits per heavy atom. The van der Waals surface area contributed by atoms with Gasteiger partial charge in [0.15, 0.2) is 0 Å². The molecule has 0 aliphatic carbocycles. The van der Waals surface area contributed by atoms with Crippen molar-refractivity contribution in [2.24, 2.45) is 0 Å². The zero-order valence-corrected chi connectivity index (χ0v) is 8.16. The molecule has 0 saturated heterocycles. The van der Waals surface area contributed by atoms with Crippen LogP contribution < -0.4 is 0 Å². The van der Waals surface area contributed by atoms with E-state index in [1.165, 1.54) is 0 Å². The number of aromatic amines is 1. The van der Waals surface area contributed by atoms with Gasteiger partial charge in [0.2, 0.25) is 5.82 Å². The van der Waals surface area contributed by atoms with Gasteiger partial charge in [0.1, 0.15) is 5.82 Å². The van der Waals surface area contributed by atoms with Gasteiger partial charge in [0.25, 0.3) is 0 Å². The van der Waals surface area contributed by atoms with Crippen LogP contribution in [0.5, 0.6) is 0 Å². The summed E-state index contributed by atoms with van der Waals surface area (Å²) < 4.78 is 4.37.